The van der Waals surface area contributed by atoms with E-state index in [0.717, 1.165) is 5.56 Å². The van der Waals surface area contributed by atoms with Gasteiger partial charge in [-0.05, 0) is 42.0 Å². The second-order valence-corrected chi connectivity index (χ2v) is 7.31. The molecule has 144 valence electrons. The van der Waals surface area contributed by atoms with Crippen molar-refractivity contribution in [3.05, 3.63) is 100 Å². The number of hydrogen-bond donors (Lipinski definition) is 0. The first kappa shape index (κ1) is 19.0. The van der Waals surface area contributed by atoms with E-state index in [9.17, 15) is 9.59 Å². The van der Waals surface area contributed by atoms with Crippen LogP contribution in [0.3, 0.4) is 0 Å². The fourth-order valence-corrected chi connectivity index (χ4v) is 3.99. The second kappa shape index (κ2) is 8.32. The smallest absolute Gasteiger partial charge is 0.337 e. The summed E-state index contributed by atoms with van der Waals surface area (Å²) >= 11 is 1.50. The molecule has 0 N–H and O–H groups in total. The number of hydrogen-bond acceptors (Lipinski definition) is 5. The van der Waals surface area contributed by atoms with Gasteiger partial charge in [0.1, 0.15) is 0 Å². The number of carbonyl (C=O) groups excluding carboxylic acids is 1. The Labute approximate surface area is 172 Å². The average Bonchev–Trinajstić information content (AvgIpc) is 2.78. The van der Waals surface area contributed by atoms with E-state index in [1.165, 1.54) is 18.9 Å². The molecule has 5 nitrogen and oxygen atoms in total. The van der Waals surface area contributed by atoms with Crippen molar-refractivity contribution in [2.75, 3.05) is 7.11 Å². The number of ether oxygens (including phenoxy) is 1. The first-order valence-electron chi connectivity index (χ1n) is 9.04. The van der Waals surface area contributed by atoms with Gasteiger partial charge in [0, 0.05) is 5.75 Å². The average molecular weight is 402 g/mol. The van der Waals surface area contributed by atoms with E-state index < -0.39 is 5.97 Å². The molecule has 0 spiro atoms. The fraction of sp³-hybridized carbons (Fsp3) is 0.0870. The van der Waals surface area contributed by atoms with Gasteiger partial charge in [0.25, 0.3) is 5.56 Å². The molecule has 0 bridgehead atoms. The minimum absolute atomic E-state index is 0.142. The van der Waals surface area contributed by atoms with Crippen LogP contribution in [0.4, 0.5) is 0 Å². The van der Waals surface area contributed by atoms with Gasteiger partial charge in [-0.15, -0.1) is 0 Å². The summed E-state index contributed by atoms with van der Waals surface area (Å²) in [6.45, 7) is 0. The van der Waals surface area contributed by atoms with Crippen LogP contribution in [0.2, 0.25) is 0 Å². The van der Waals surface area contributed by atoms with E-state index in [4.69, 9.17) is 9.72 Å². The van der Waals surface area contributed by atoms with Crippen molar-refractivity contribution in [2.24, 2.45) is 0 Å². The highest BCUT2D eigenvalue weighted by Crippen LogP contribution is 2.24. The number of fused-ring (bicyclic) bond motifs is 1. The van der Waals surface area contributed by atoms with Crippen LogP contribution in [-0.4, -0.2) is 22.6 Å². The van der Waals surface area contributed by atoms with Crippen molar-refractivity contribution in [1.82, 2.24) is 9.55 Å². The van der Waals surface area contributed by atoms with Crippen molar-refractivity contribution in [3.8, 4) is 5.69 Å². The van der Waals surface area contributed by atoms with Crippen LogP contribution in [0.25, 0.3) is 16.6 Å². The SMILES string of the molecule is COC(=O)c1ccc(-n2c(SCc3ccccc3)nc3ccccc3c2=O)cc1. The molecule has 0 unspecified atom stereocenters. The van der Waals surface area contributed by atoms with Crippen LogP contribution in [0.15, 0.2) is 88.8 Å². The van der Waals surface area contributed by atoms with E-state index in [1.807, 2.05) is 48.5 Å². The summed E-state index contributed by atoms with van der Waals surface area (Å²) in [7, 11) is 1.34. The van der Waals surface area contributed by atoms with E-state index in [-0.39, 0.29) is 5.56 Å². The first-order valence-corrected chi connectivity index (χ1v) is 10.0. The molecule has 4 aromatic rings. The van der Waals surface area contributed by atoms with Crippen LogP contribution in [0, 0.1) is 0 Å². The van der Waals surface area contributed by atoms with Crippen LogP contribution in [-0.2, 0) is 10.5 Å². The largest absolute Gasteiger partial charge is 0.465 e. The van der Waals surface area contributed by atoms with Crippen molar-refractivity contribution in [1.29, 1.82) is 0 Å². The van der Waals surface area contributed by atoms with Crippen molar-refractivity contribution in [2.45, 2.75) is 10.9 Å². The summed E-state index contributed by atoms with van der Waals surface area (Å²) in [5, 5.41) is 1.15. The van der Waals surface area contributed by atoms with Gasteiger partial charge in [-0.2, -0.15) is 0 Å². The molecule has 29 heavy (non-hydrogen) atoms. The third kappa shape index (κ3) is 3.93. The number of benzene rings is 3. The Bertz CT molecular complexity index is 1220. The molecular formula is C23H18N2O3S. The van der Waals surface area contributed by atoms with Gasteiger partial charge < -0.3 is 4.74 Å². The molecule has 0 atom stereocenters. The fourth-order valence-electron chi connectivity index (χ4n) is 3.02. The maximum Gasteiger partial charge on any atom is 0.337 e. The van der Waals surface area contributed by atoms with Crippen molar-refractivity contribution >= 4 is 28.6 Å². The Hall–Kier alpha value is -3.38. The van der Waals surface area contributed by atoms with Crippen LogP contribution in [0.1, 0.15) is 15.9 Å². The maximum absolute atomic E-state index is 13.3. The third-order valence-corrected chi connectivity index (χ3v) is 5.51. The predicted molar refractivity (Wildman–Crippen MR) is 115 cm³/mol. The van der Waals surface area contributed by atoms with Gasteiger partial charge in [-0.3, -0.25) is 9.36 Å². The highest BCUT2D eigenvalue weighted by molar-refractivity contribution is 7.98. The van der Waals surface area contributed by atoms with E-state index >= 15 is 0 Å². The molecule has 0 saturated carbocycles. The van der Waals surface area contributed by atoms with Gasteiger partial charge in [0.15, 0.2) is 5.16 Å². The lowest BCUT2D eigenvalue weighted by Gasteiger charge is -2.13. The van der Waals surface area contributed by atoms with Gasteiger partial charge in [0.05, 0.1) is 29.3 Å². The van der Waals surface area contributed by atoms with Gasteiger partial charge in [-0.1, -0.05) is 54.2 Å². The monoisotopic (exact) mass is 402 g/mol. The van der Waals surface area contributed by atoms with Gasteiger partial charge in [0.2, 0.25) is 0 Å². The van der Waals surface area contributed by atoms with Gasteiger partial charge >= 0.3 is 5.97 Å². The number of aromatic nitrogens is 2. The molecule has 3 aromatic carbocycles. The molecule has 6 heteroatoms. The summed E-state index contributed by atoms with van der Waals surface area (Å²) in [4.78, 5) is 29.7. The van der Waals surface area contributed by atoms with Crippen LogP contribution >= 0.6 is 11.8 Å². The quantitative estimate of drug-likeness (QED) is 0.280. The van der Waals surface area contributed by atoms with E-state index in [0.29, 0.717) is 33.1 Å². The molecule has 0 radical (unpaired) electrons. The number of thioether (sulfide) groups is 1. The molecule has 1 aromatic heterocycles. The standard InChI is InChI=1S/C23H18N2O3S/c1-28-22(27)17-11-13-18(14-12-17)25-21(26)19-9-5-6-10-20(19)24-23(25)29-15-16-7-3-2-4-8-16/h2-14H,15H2,1H3. The zero-order chi connectivity index (χ0) is 20.2. The minimum Gasteiger partial charge on any atom is -0.465 e. The number of methoxy groups -OCH3 is 1. The Morgan fingerprint density at radius 2 is 1.66 bits per heavy atom. The minimum atomic E-state index is -0.417. The first-order chi connectivity index (χ1) is 14.2. The Morgan fingerprint density at radius 3 is 2.38 bits per heavy atom. The highest BCUT2D eigenvalue weighted by Gasteiger charge is 2.14. The van der Waals surface area contributed by atoms with Crippen molar-refractivity contribution in [3.63, 3.8) is 0 Å². The molecule has 0 aliphatic carbocycles. The molecule has 1 heterocycles. The third-order valence-electron chi connectivity index (χ3n) is 4.50. The summed E-state index contributed by atoms with van der Waals surface area (Å²) < 4.78 is 6.34. The lowest BCUT2D eigenvalue weighted by molar-refractivity contribution is 0.0600. The predicted octanol–water partition coefficient (Wildman–Crippen LogP) is 4.46. The molecule has 0 fully saturated rings. The van der Waals surface area contributed by atoms with Crippen LogP contribution < -0.4 is 5.56 Å². The topological polar surface area (TPSA) is 61.2 Å². The second-order valence-electron chi connectivity index (χ2n) is 6.36. The van der Waals surface area contributed by atoms with Gasteiger partial charge in [-0.25, -0.2) is 9.78 Å². The molecule has 0 aliphatic heterocycles. The summed E-state index contributed by atoms with van der Waals surface area (Å²) in [6, 6.07) is 24.1. The Balaban J connectivity index is 1.81. The summed E-state index contributed by atoms with van der Waals surface area (Å²) in [5.74, 6) is 0.269. The van der Waals surface area contributed by atoms with Crippen molar-refractivity contribution < 1.29 is 9.53 Å². The van der Waals surface area contributed by atoms with E-state index in [1.54, 1.807) is 34.9 Å². The Morgan fingerprint density at radius 1 is 0.966 bits per heavy atom. The molecular weight excluding hydrogens is 384 g/mol. The highest BCUT2D eigenvalue weighted by atomic mass is 32.2. The number of nitrogens with zero attached hydrogens (tertiary/aromatic N) is 2. The van der Waals surface area contributed by atoms with E-state index in [2.05, 4.69) is 0 Å². The summed E-state index contributed by atoms with van der Waals surface area (Å²) in [6.07, 6.45) is 0. The Kier molecular flexibility index (Phi) is 5.44. The number of para-hydroxylation sites is 1. The number of rotatable bonds is 5. The molecule has 0 aliphatic rings. The molecule has 4 rings (SSSR count). The number of esters is 1. The lowest BCUT2D eigenvalue weighted by Crippen LogP contribution is -2.21. The normalized spacial score (nSPS) is 10.8. The van der Waals surface area contributed by atoms with Crippen LogP contribution in [0.5, 0.6) is 0 Å². The maximum atomic E-state index is 13.3. The molecule has 0 saturated heterocycles. The zero-order valence-corrected chi connectivity index (χ0v) is 16.6. The summed E-state index contributed by atoms with van der Waals surface area (Å²) in [5.41, 5.74) is 2.74. The lowest BCUT2D eigenvalue weighted by atomic mass is 10.2. The number of carbonyl (C=O) groups is 1. The molecule has 0 amide bonds. The zero-order valence-electron chi connectivity index (χ0n) is 15.7.